The highest BCUT2D eigenvalue weighted by atomic mass is 32.1. The number of nitrogens with zero attached hydrogens (tertiary/aromatic N) is 3. The lowest BCUT2D eigenvalue weighted by Crippen LogP contribution is -2.48. The van der Waals surface area contributed by atoms with Crippen molar-refractivity contribution in [3.05, 3.63) is 35.2 Å². The van der Waals surface area contributed by atoms with Crippen molar-refractivity contribution < 1.29 is 9.21 Å². The van der Waals surface area contributed by atoms with Gasteiger partial charge in [0, 0.05) is 37.3 Å². The van der Waals surface area contributed by atoms with Crippen LogP contribution in [0.2, 0.25) is 0 Å². The molecule has 0 spiro atoms. The summed E-state index contributed by atoms with van der Waals surface area (Å²) < 4.78 is 5.15. The Balaban J connectivity index is 1.62. The van der Waals surface area contributed by atoms with Crippen LogP contribution in [0.1, 0.15) is 15.4 Å². The molecule has 1 aliphatic heterocycles. The quantitative estimate of drug-likeness (QED) is 0.842. The number of furan rings is 1. The Morgan fingerprint density at radius 1 is 1.37 bits per heavy atom. The Bertz CT molecular complexity index is 556. The van der Waals surface area contributed by atoms with Gasteiger partial charge >= 0.3 is 0 Å². The minimum Gasteiger partial charge on any atom is -0.459 e. The number of aromatic nitrogens is 1. The molecular weight excluding hydrogens is 262 g/mol. The molecule has 6 heteroatoms. The summed E-state index contributed by atoms with van der Waals surface area (Å²) in [7, 11) is 0. The first kappa shape index (κ1) is 12.2. The van der Waals surface area contributed by atoms with E-state index in [4.69, 9.17) is 4.42 Å². The van der Waals surface area contributed by atoms with E-state index in [9.17, 15) is 4.79 Å². The number of aryl methyl sites for hydroxylation is 1. The van der Waals surface area contributed by atoms with Crippen LogP contribution in [0, 0.1) is 6.92 Å². The summed E-state index contributed by atoms with van der Waals surface area (Å²) in [5.41, 5.74) is 0. The van der Waals surface area contributed by atoms with Gasteiger partial charge < -0.3 is 14.2 Å². The van der Waals surface area contributed by atoms with Gasteiger partial charge in [-0.1, -0.05) is 0 Å². The highest BCUT2D eigenvalue weighted by Crippen LogP contribution is 2.23. The number of anilines is 1. The average Bonchev–Trinajstić information content (AvgIpc) is 3.09. The Kier molecular flexibility index (Phi) is 3.25. The van der Waals surface area contributed by atoms with Gasteiger partial charge in [0.2, 0.25) is 0 Å². The number of hydrogen-bond acceptors (Lipinski definition) is 5. The maximum Gasteiger partial charge on any atom is 0.289 e. The first-order valence-electron chi connectivity index (χ1n) is 6.24. The van der Waals surface area contributed by atoms with E-state index in [1.807, 2.05) is 11.1 Å². The average molecular weight is 277 g/mol. The van der Waals surface area contributed by atoms with Crippen LogP contribution >= 0.6 is 11.3 Å². The van der Waals surface area contributed by atoms with E-state index >= 15 is 0 Å². The van der Waals surface area contributed by atoms with Crippen molar-refractivity contribution >= 4 is 22.4 Å². The Hall–Kier alpha value is -1.82. The summed E-state index contributed by atoms with van der Waals surface area (Å²) in [4.78, 5) is 21.8. The van der Waals surface area contributed by atoms with Gasteiger partial charge in [0.25, 0.3) is 5.91 Å². The Morgan fingerprint density at radius 2 is 2.16 bits per heavy atom. The lowest BCUT2D eigenvalue weighted by atomic mass is 10.3. The van der Waals surface area contributed by atoms with E-state index in [2.05, 4.69) is 16.8 Å². The predicted octanol–water partition coefficient (Wildman–Crippen LogP) is 2.01. The number of carbonyl (C=O) groups excluding carboxylic acids is 1. The largest absolute Gasteiger partial charge is 0.459 e. The number of amides is 1. The van der Waals surface area contributed by atoms with Crippen LogP contribution in [0.5, 0.6) is 0 Å². The molecule has 0 aliphatic carbocycles. The second-order valence-corrected chi connectivity index (χ2v) is 5.72. The molecule has 3 heterocycles. The molecule has 1 saturated heterocycles. The molecule has 100 valence electrons. The van der Waals surface area contributed by atoms with Gasteiger partial charge in [-0.2, -0.15) is 0 Å². The highest BCUT2D eigenvalue weighted by molar-refractivity contribution is 7.15. The van der Waals surface area contributed by atoms with Gasteiger partial charge in [0.05, 0.1) is 6.26 Å². The number of carbonyl (C=O) groups is 1. The summed E-state index contributed by atoms with van der Waals surface area (Å²) in [5.74, 6) is 0.388. The van der Waals surface area contributed by atoms with E-state index in [0.29, 0.717) is 18.8 Å². The number of hydrogen-bond donors (Lipinski definition) is 0. The molecule has 0 atom stereocenters. The van der Waals surface area contributed by atoms with Crippen LogP contribution in [0.25, 0.3) is 0 Å². The molecule has 0 bridgehead atoms. The molecule has 0 saturated carbocycles. The van der Waals surface area contributed by atoms with Crippen LogP contribution in [-0.2, 0) is 0 Å². The third kappa shape index (κ3) is 2.49. The summed E-state index contributed by atoms with van der Waals surface area (Å²) in [5, 5.41) is 1.04. The summed E-state index contributed by atoms with van der Waals surface area (Å²) in [6, 6.07) is 3.45. The molecule has 0 radical (unpaired) electrons. The zero-order valence-corrected chi connectivity index (χ0v) is 11.5. The predicted molar refractivity (Wildman–Crippen MR) is 73.7 cm³/mol. The molecule has 19 heavy (non-hydrogen) atoms. The third-order valence-corrected chi connectivity index (χ3v) is 4.15. The minimum atomic E-state index is -0.0278. The molecule has 1 aliphatic rings. The Labute approximate surface area is 115 Å². The maximum absolute atomic E-state index is 12.1. The zero-order valence-electron chi connectivity index (χ0n) is 10.7. The minimum absolute atomic E-state index is 0.0278. The fourth-order valence-electron chi connectivity index (χ4n) is 2.15. The molecule has 2 aromatic rings. The monoisotopic (exact) mass is 277 g/mol. The normalized spacial score (nSPS) is 15.8. The van der Waals surface area contributed by atoms with E-state index in [-0.39, 0.29) is 5.91 Å². The van der Waals surface area contributed by atoms with E-state index in [1.165, 1.54) is 11.1 Å². The van der Waals surface area contributed by atoms with Crippen LogP contribution < -0.4 is 4.90 Å². The van der Waals surface area contributed by atoms with Gasteiger partial charge in [-0.25, -0.2) is 4.98 Å². The van der Waals surface area contributed by atoms with E-state index in [0.717, 1.165) is 18.2 Å². The summed E-state index contributed by atoms with van der Waals surface area (Å²) >= 11 is 1.69. The first-order valence-corrected chi connectivity index (χ1v) is 7.06. The van der Waals surface area contributed by atoms with Crippen molar-refractivity contribution in [3.63, 3.8) is 0 Å². The van der Waals surface area contributed by atoms with Gasteiger partial charge in [0.1, 0.15) is 0 Å². The van der Waals surface area contributed by atoms with Crippen molar-refractivity contribution in [2.24, 2.45) is 0 Å². The second kappa shape index (κ2) is 5.05. The highest BCUT2D eigenvalue weighted by Gasteiger charge is 2.24. The maximum atomic E-state index is 12.1. The fraction of sp³-hybridized carbons (Fsp3) is 0.385. The van der Waals surface area contributed by atoms with Crippen LogP contribution in [-0.4, -0.2) is 42.0 Å². The third-order valence-electron chi connectivity index (χ3n) is 3.18. The van der Waals surface area contributed by atoms with E-state index in [1.54, 1.807) is 23.5 Å². The van der Waals surface area contributed by atoms with Crippen molar-refractivity contribution in [2.45, 2.75) is 6.92 Å². The van der Waals surface area contributed by atoms with E-state index < -0.39 is 0 Å². The van der Waals surface area contributed by atoms with Crippen molar-refractivity contribution in [3.8, 4) is 0 Å². The molecule has 1 amide bonds. The molecule has 2 aromatic heterocycles. The molecule has 1 fully saturated rings. The molecule has 0 unspecified atom stereocenters. The van der Waals surface area contributed by atoms with Crippen molar-refractivity contribution in [1.82, 2.24) is 9.88 Å². The molecule has 5 nitrogen and oxygen atoms in total. The van der Waals surface area contributed by atoms with Crippen LogP contribution in [0.3, 0.4) is 0 Å². The summed E-state index contributed by atoms with van der Waals surface area (Å²) in [6.07, 6.45) is 3.42. The lowest BCUT2D eigenvalue weighted by Gasteiger charge is -2.34. The van der Waals surface area contributed by atoms with Crippen molar-refractivity contribution in [1.29, 1.82) is 0 Å². The first-order chi connectivity index (χ1) is 9.24. The van der Waals surface area contributed by atoms with Gasteiger partial charge in [-0.05, 0) is 19.1 Å². The Morgan fingerprint density at radius 3 is 2.74 bits per heavy atom. The number of thiazole rings is 1. The second-order valence-electron chi connectivity index (χ2n) is 4.51. The SMILES string of the molecule is Cc1cnc(N2CCN(C(=O)c3ccco3)CC2)s1. The molecular formula is C13H15N3O2S. The van der Waals surface area contributed by atoms with Crippen LogP contribution in [0.15, 0.2) is 29.0 Å². The van der Waals surface area contributed by atoms with Gasteiger partial charge in [-0.3, -0.25) is 4.79 Å². The smallest absolute Gasteiger partial charge is 0.289 e. The van der Waals surface area contributed by atoms with Crippen LogP contribution in [0.4, 0.5) is 5.13 Å². The molecule has 0 N–H and O–H groups in total. The standard InChI is InChI=1S/C13H15N3O2S/c1-10-9-14-13(19-10)16-6-4-15(5-7-16)12(17)11-3-2-8-18-11/h2-3,8-9H,4-7H2,1H3. The topological polar surface area (TPSA) is 49.6 Å². The van der Waals surface area contributed by atoms with Crippen molar-refractivity contribution in [2.75, 3.05) is 31.1 Å². The number of piperazine rings is 1. The molecule has 3 rings (SSSR count). The van der Waals surface area contributed by atoms with Gasteiger partial charge in [0.15, 0.2) is 10.9 Å². The zero-order chi connectivity index (χ0) is 13.2. The lowest BCUT2D eigenvalue weighted by molar-refractivity contribution is 0.0714. The fourth-order valence-corrected chi connectivity index (χ4v) is 2.96. The summed E-state index contributed by atoms with van der Waals surface area (Å²) in [6.45, 7) is 5.10. The van der Waals surface area contributed by atoms with Gasteiger partial charge in [-0.15, -0.1) is 11.3 Å². The molecule has 0 aromatic carbocycles. The number of rotatable bonds is 2.